The topological polar surface area (TPSA) is 147 Å². The van der Waals surface area contributed by atoms with Gasteiger partial charge in [-0.3, -0.25) is 14.5 Å². The molecule has 7 rings (SSSR count). The number of rotatable bonds is 8. The number of aromatic nitrogens is 1. The predicted octanol–water partition coefficient (Wildman–Crippen LogP) is 9.02. The van der Waals surface area contributed by atoms with Crippen molar-refractivity contribution >= 4 is 42.6 Å². The van der Waals surface area contributed by atoms with Gasteiger partial charge in [0.2, 0.25) is 11.6 Å². The number of aliphatic hydroxyl groups is 1. The van der Waals surface area contributed by atoms with E-state index in [1.54, 1.807) is 46.1 Å². The summed E-state index contributed by atoms with van der Waals surface area (Å²) in [5, 5.41) is 17.5. The van der Waals surface area contributed by atoms with E-state index in [0.717, 1.165) is 5.56 Å². The molecule has 1 N–H and O–H groups in total. The van der Waals surface area contributed by atoms with Crippen LogP contribution in [0.15, 0.2) is 64.7 Å². The van der Waals surface area contributed by atoms with Crippen LogP contribution >= 0.6 is 0 Å². The number of carbonyl (C=O) groups is 3. The molecule has 4 aromatic rings. The zero-order valence-electron chi connectivity index (χ0n) is 34.6. The van der Waals surface area contributed by atoms with Crippen LogP contribution in [-0.4, -0.2) is 73.6 Å². The average molecular weight is 797 g/mol. The van der Waals surface area contributed by atoms with Gasteiger partial charge in [-0.05, 0) is 100 Å². The molecule has 1 heterocycles. The summed E-state index contributed by atoms with van der Waals surface area (Å²) in [5.41, 5.74) is -1.18. The van der Waals surface area contributed by atoms with Crippen LogP contribution in [0.2, 0.25) is 18.1 Å². The molecule has 302 valence electrons. The lowest BCUT2D eigenvalue weighted by atomic mass is 9.57. The van der Waals surface area contributed by atoms with Crippen LogP contribution in [0.25, 0.3) is 16.5 Å². The zero-order valence-corrected chi connectivity index (χ0v) is 35.6. The van der Waals surface area contributed by atoms with Crippen molar-refractivity contribution in [3.05, 3.63) is 88.2 Å². The smallest absolute Gasteiger partial charge is 0.507 e. The molecular weight excluding hydrogens is 745 g/mol. The Morgan fingerprint density at radius 3 is 2.32 bits per heavy atom. The Morgan fingerprint density at radius 2 is 1.68 bits per heavy atom. The number of nitrogens with zero attached hydrogens (tertiary/aromatic N) is 2. The number of aliphatic hydroxyl groups excluding tert-OH is 1. The summed E-state index contributed by atoms with van der Waals surface area (Å²) in [6.45, 7) is 15.4. The summed E-state index contributed by atoms with van der Waals surface area (Å²) in [6.07, 6.45) is -0.415. The molecule has 0 unspecified atom stereocenters. The molecule has 0 saturated heterocycles. The molecule has 12 nitrogen and oxygen atoms in total. The lowest BCUT2D eigenvalue weighted by Crippen LogP contribution is -2.68. The number of methoxy groups -OCH3 is 1. The van der Waals surface area contributed by atoms with Crippen molar-refractivity contribution in [1.29, 1.82) is 0 Å². The van der Waals surface area contributed by atoms with Crippen molar-refractivity contribution in [3.63, 3.8) is 0 Å². The van der Waals surface area contributed by atoms with E-state index < -0.39 is 60.2 Å². The minimum atomic E-state index is -2.96. The first-order chi connectivity index (χ1) is 26.7. The van der Waals surface area contributed by atoms with Crippen LogP contribution in [-0.2, 0) is 27.0 Å². The van der Waals surface area contributed by atoms with E-state index in [1.165, 1.54) is 0 Å². The standard InChI is InChI=1S/C44H52N2O10Si/c1-42(2,3)54-41(50)53-36-27-18-15-19-30(51-9)28(27)21-25-20-26-22-29-34(46(7)8)37-33(40(45-55-37)52-23-24-16-13-12-14-17-24)39(49)44(29,56-57(10,11)43(4,5)6)38(48)32(26)35(47)31(25)36/h12-19,21,26,29,34,47H,20,22-23H2,1-11H3/t26-,29-,34-,44-/m0/s1. The van der Waals surface area contributed by atoms with Gasteiger partial charge in [-0.15, -0.1) is 0 Å². The van der Waals surface area contributed by atoms with Crippen molar-refractivity contribution in [3.8, 4) is 17.4 Å². The largest absolute Gasteiger partial charge is 0.514 e. The van der Waals surface area contributed by atoms with Gasteiger partial charge >= 0.3 is 6.16 Å². The van der Waals surface area contributed by atoms with Gasteiger partial charge in [0.05, 0.1) is 18.7 Å². The molecule has 0 spiro atoms. The summed E-state index contributed by atoms with van der Waals surface area (Å²) in [7, 11) is 2.34. The zero-order chi connectivity index (χ0) is 41.4. The summed E-state index contributed by atoms with van der Waals surface area (Å²) in [6, 6.07) is 16.0. The molecule has 0 amide bonds. The number of carbonyl (C=O) groups excluding carboxylic acids is 3. The fraction of sp³-hybridized carbons (Fsp3) is 0.455. The second-order valence-electron chi connectivity index (χ2n) is 18.0. The van der Waals surface area contributed by atoms with E-state index in [-0.39, 0.29) is 53.5 Å². The average Bonchev–Trinajstić information content (AvgIpc) is 3.54. The first kappa shape index (κ1) is 40.2. The number of hydrogen-bond donors (Lipinski definition) is 1. The summed E-state index contributed by atoms with van der Waals surface area (Å²) in [5.74, 6) is -2.07. The van der Waals surface area contributed by atoms with Gasteiger partial charge in [0, 0.05) is 22.3 Å². The highest BCUT2D eigenvalue weighted by molar-refractivity contribution is 6.74. The molecular formula is C44H52N2O10Si. The van der Waals surface area contributed by atoms with Crippen LogP contribution in [0.1, 0.15) is 86.8 Å². The Labute approximate surface area is 334 Å². The number of Topliss-reactive ketones (excluding diaryl/α,β-unsaturated/α-hetero) is 2. The molecule has 57 heavy (non-hydrogen) atoms. The molecule has 0 aliphatic heterocycles. The number of fused-ring (bicyclic) bond motifs is 5. The van der Waals surface area contributed by atoms with E-state index in [4.69, 9.17) is 27.9 Å². The van der Waals surface area contributed by atoms with Gasteiger partial charge in [-0.25, -0.2) is 4.79 Å². The third-order valence-electron chi connectivity index (χ3n) is 11.9. The van der Waals surface area contributed by atoms with Crippen molar-refractivity contribution in [2.45, 2.75) is 96.4 Å². The number of hydrogen-bond acceptors (Lipinski definition) is 12. The Morgan fingerprint density at radius 1 is 0.982 bits per heavy atom. The molecule has 1 saturated carbocycles. The number of ketones is 2. The normalized spacial score (nSPS) is 22.1. The van der Waals surface area contributed by atoms with E-state index in [0.29, 0.717) is 27.8 Å². The Kier molecular flexibility index (Phi) is 9.98. The highest BCUT2D eigenvalue weighted by Gasteiger charge is 2.69. The molecule has 3 aromatic carbocycles. The maximum Gasteiger partial charge on any atom is 0.514 e. The summed E-state index contributed by atoms with van der Waals surface area (Å²) in [4.78, 5) is 46.6. The molecule has 0 bridgehead atoms. The Balaban J connectivity index is 1.46. The molecule has 4 atom stereocenters. The molecule has 13 heteroatoms. The van der Waals surface area contributed by atoms with Crippen LogP contribution < -0.4 is 14.2 Å². The minimum absolute atomic E-state index is 0.0208. The van der Waals surface area contributed by atoms with Gasteiger partial charge in [0.25, 0.3) is 5.88 Å². The van der Waals surface area contributed by atoms with Crippen molar-refractivity contribution in [2.24, 2.45) is 11.8 Å². The number of benzene rings is 3. The fourth-order valence-corrected chi connectivity index (χ4v) is 9.79. The van der Waals surface area contributed by atoms with Crippen molar-refractivity contribution in [2.75, 3.05) is 21.2 Å². The highest BCUT2D eigenvalue weighted by atomic mass is 28.4. The maximum atomic E-state index is 15.8. The van der Waals surface area contributed by atoms with E-state index in [9.17, 15) is 9.90 Å². The van der Waals surface area contributed by atoms with Crippen LogP contribution in [0, 0.1) is 11.8 Å². The highest BCUT2D eigenvalue weighted by Crippen LogP contribution is 2.59. The van der Waals surface area contributed by atoms with E-state index in [1.807, 2.05) is 89.3 Å². The van der Waals surface area contributed by atoms with Gasteiger partial charge in [-0.2, -0.15) is 0 Å². The fourth-order valence-electron chi connectivity index (χ4n) is 8.34. The summed E-state index contributed by atoms with van der Waals surface area (Å²) < 4.78 is 36.7. The third kappa shape index (κ3) is 6.72. The van der Waals surface area contributed by atoms with Crippen LogP contribution in [0.4, 0.5) is 4.79 Å². The van der Waals surface area contributed by atoms with Gasteiger partial charge in [0.15, 0.2) is 25.4 Å². The third-order valence-corrected chi connectivity index (χ3v) is 16.3. The molecule has 0 radical (unpaired) electrons. The SMILES string of the molecule is COc1cccc2c(OC(=O)OC(C)(C)C)c3c(cc12)C[C@H]1C[C@H]2[C@H](N(C)C)c4onc(OCc5ccccc5)c4C(=O)[C@@]2(O[Si](C)(C)C(C)(C)C)C(=O)C1=C3O. The lowest BCUT2D eigenvalue weighted by Gasteiger charge is -2.55. The Hall–Kier alpha value is -4.98. The maximum absolute atomic E-state index is 15.8. The second kappa shape index (κ2) is 14.1. The quantitative estimate of drug-likeness (QED) is 0.0786. The number of ether oxygens (including phenoxy) is 4. The Bertz CT molecular complexity index is 2300. The predicted molar refractivity (Wildman–Crippen MR) is 216 cm³/mol. The van der Waals surface area contributed by atoms with Crippen LogP contribution in [0.5, 0.6) is 17.4 Å². The molecule has 1 aromatic heterocycles. The van der Waals surface area contributed by atoms with Gasteiger partial charge < -0.3 is 33.0 Å². The molecule has 1 fully saturated rings. The van der Waals surface area contributed by atoms with Crippen molar-refractivity contribution < 1.29 is 47.4 Å². The molecule has 3 aliphatic carbocycles. The van der Waals surface area contributed by atoms with Gasteiger partial charge in [-0.1, -0.05) is 63.2 Å². The van der Waals surface area contributed by atoms with E-state index in [2.05, 4.69) is 5.16 Å². The van der Waals surface area contributed by atoms with Crippen molar-refractivity contribution in [1.82, 2.24) is 10.1 Å². The van der Waals surface area contributed by atoms with Gasteiger partial charge in [0.1, 0.15) is 29.3 Å². The van der Waals surface area contributed by atoms with Crippen LogP contribution in [0.3, 0.4) is 0 Å². The summed E-state index contributed by atoms with van der Waals surface area (Å²) >= 11 is 0. The molecule has 3 aliphatic rings. The van der Waals surface area contributed by atoms with E-state index >= 15 is 9.59 Å². The lowest BCUT2D eigenvalue weighted by molar-refractivity contribution is -0.140. The first-order valence-electron chi connectivity index (χ1n) is 19.3. The first-order valence-corrected chi connectivity index (χ1v) is 22.2. The minimum Gasteiger partial charge on any atom is -0.507 e. The second-order valence-corrected chi connectivity index (χ2v) is 22.8. The monoisotopic (exact) mass is 796 g/mol.